The van der Waals surface area contributed by atoms with Gasteiger partial charge in [0.2, 0.25) is 0 Å². The van der Waals surface area contributed by atoms with Gasteiger partial charge in [-0.2, -0.15) is 13.2 Å². The predicted octanol–water partition coefficient (Wildman–Crippen LogP) is 4.43. The summed E-state index contributed by atoms with van der Waals surface area (Å²) in [6, 6.07) is 2.35. The van der Waals surface area contributed by atoms with Crippen LogP contribution in [0.4, 0.5) is 13.2 Å². The molecule has 1 aromatic carbocycles. The van der Waals surface area contributed by atoms with Crippen LogP contribution in [0.15, 0.2) is 16.6 Å². The summed E-state index contributed by atoms with van der Waals surface area (Å²) in [7, 11) is 0. The van der Waals surface area contributed by atoms with Gasteiger partial charge in [-0.1, -0.05) is 17.7 Å². The van der Waals surface area contributed by atoms with E-state index < -0.39 is 11.7 Å². The highest BCUT2D eigenvalue weighted by molar-refractivity contribution is 9.10. The summed E-state index contributed by atoms with van der Waals surface area (Å²) in [5, 5.41) is -0.285. The van der Waals surface area contributed by atoms with E-state index in [0.717, 1.165) is 6.07 Å². The van der Waals surface area contributed by atoms with E-state index in [0.29, 0.717) is 10.0 Å². The maximum Gasteiger partial charge on any atom is 0.417 e. The lowest BCUT2D eigenvalue weighted by Crippen LogP contribution is -2.06. The molecule has 0 spiro atoms. The third kappa shape index (κ3) is 2.17. The zero-order valence-corrected chi connectivity index (χ0v) is 8.89. The van der Waals surface area contributed by atoms with Gasteiger partial charge in [0, 0.05) is 4.47 Å². The molecule has 0 saturated carbocycles. The van der Waals surface area contributed by atoms with E-state index >= 15 is 0 Å². The van der Waals surface area contributed by atoms with Gasteiger partial charge in [-0.15, -0.1) is 0 Å². The van der Waals surface area contributed by atoms with Gasteiger partial charge in [0.1, 0.15) is 0 Å². The SMILES string of the molecule is Cc1ccc(C(F)(F)F)c(Cl)c1Br. The van der Waals surface area contributed by atoms with Crippen LogP contribution in [0.3, 0.4) is 0 Å². The summed E-state index contributed by atoms with van der Waals surface area (Å²) in [5.74, 6) is 0. The molecule has 0 saturated heterocycles. The second-order valence-corrected chi connectivity index (χ2v) is 3.73. The molecule has 0 aliphatic carbocycles. The third-order valence-corrected chi connectivity index (χ3v) is 3.22. The lowest BCUT2D eigenvalue weighted by molar-refractivity contribution is -0.137. The van der Waals surface area contributed by atoms with Gasteiger partial charge in [0.15, 0.2) is 0 Å². The Morgan fingerprint density at radius 2 is 1.85 bits per heavy atom. The Hall–Kier alpha value is -0.220. The van der Waals surface area contributed by atoms with Crippen LogP contribution in [0, 0.1) is 6.92 Å². The van der Waals surface area contributed by atoms with Gasteiger partial charge >= 0.3 is 6.18 Å². The maximum atomic E-state index is 12.3. The van der Waals surface area contributed by atoms with Crippen LogP contribution < -0.4 is 0 Å². The predicted molar refractivity (Wildman–Crippen MR) is 48.9 cm³/mol. The molecule has 0 amide bonds. The zero-order valence-electron chi connectivity index (χ0n) is 6.54. The van der Waals surface area contributed by atoms with Gasteiger partial charge < -0.3 is 0 Å². The second-order valence-electron chi connectivity index (χ2n) is 2.56. The summed E-state index contributed by atoms with van der Waals surface area (Å²) in [6.07, 6.45) is -4.40. The summed E-state index contributed by atoms with van der Waals surface area (Å²) in [6.45, 7) is 1.68. The molecule has 0 fully saturated rings. The lowest BCUT2D eigenvalue weighted by atomic mass is 10.1. The van der Waals surface area contributed by atoms with E-state index in [1.165, 1.54) is 6.07 Å². The second kappa shape index (κ2) is 3.50. The fraction of sp³-hybridized carbons (Fsp3) is 0.250. The van der Waals surface area contributed by atoms with Crippen LogP contribution in [0.25, 0.3) is 0 Å². The normalized spacial score (nSPS) is 11.8. The lowest BCUT2D eigenvalue weighted by Gasteiger charge is -2.10. The minimum Gasteiger partial charge on any atom is -0.166 e. The van der Waals surface area contributed by atoms with Crippen LogP contribution in [0.1, 0.15) is 11.1 Å². The van der Waals surface area contributed by atoms with E-state index in [1.54, 1.807) is 6.92 Å². The van der Waals surface area contributed by atoms with Crippen LogP contribution in [-0.2, 0) is 6.18 Å². The Kier molecular flexibility index (Phi) is 2.92. The van der Waals surface area contributed by atoms with Gasteiger partial charge in [0.05, 0.1) is 10.6 Å². The highest BCUT2D eigenvalue weighted by atomic mass is 79.9. The van der Waals surface area contributed by atoms with Crippen molar-refractivity contribution in [2.45, 2.75) is 13.1 Å². The molecule has 0 heterocycles. The van der Waals surface area contributed by atoms with E-state index in [4.69, 9.17) is 11.6 Å². The molecule has 0 atom stereocenters. The molecule has 0 unspecified atom stereocenters. The monoisotopic (exact) mass is 272 g/mol. The van der Waals surface area contributed by atoms with Crippen molar-refractivity contribution in [1.29, 1.82) is 0 Å². The Morgan fingerprint density at radius 1 is 1.31 bits per heavy atom. The fourth-order valence-electron chi connectivity index (χ4n) is 0.865. The molecular weight excluding hydrogens is 268 g/mol. The van der Waals surface area contributed by atoms with E-state index in [-0.39, 0.29) is 5.02 Å². The topological polar surface area (TPSA) is 0 Å². The van der Waals surface area contributed by atoms with Crippen molar-refractivity contribution in [1.82, 2.24) is 0 Å². The molecule has 0 aliphatic rings. The van der Waals surface area contributed by atoms with E-state index in [9.17, 15) is 13.2 Å². The van der Waals surface area contributed by atoms with Crippen LogP contribution in [-0.4, -0.2) is 0 Å². The first kappa shape index (κ1) is 10.9. The molecule has 1 rings (SSSR count). The summed E-state index contributed by atoms with van der Waals surface area (Å²) >= 11 is 8.51. The maximum absolute atomic E-state index is 12.3. The zero-order chi connectivity index (χ0) is 10.2. The molecule has 72 valence electrons. The number of benzene rings is 1. The third-order valence-electron chi connectivity index (χ3n) is 1.58. The molecule has 0 radical (unpaired) electrons. The molecule has 1 aromatic rings. The number of alkyl halides is 3. The minimum atomic E-state index is -4.40. The standard InChI is InChI=1S/C8H5BrClF3/c1-4-2-3-5(8(11,12)13)7(10)6(4)9/h2-3H,1H3. The molecule has 0 aromatic heterocycles. The molecule has 13 heavy (non-hydrogen) atoms. The van der Waals surface area contributed by atoms with Gasteiger partial charge in [-0.25, -0.2) is 0 Å². The van der Waals surface area contributed by atoms with Gasteiger partial charge in [-0.05, 0) is 34.5 Å². The number of halogens is 5. The van der Waals surface area contributed by atoms with Crippen molar-refractivity contribution < 1.29 is 13.2 Å². The Bertz CT molecular complexity index is 333. The van der Waals surface area contributed by atoms with Crippen molar-refractivity contribution in [2.24, 2.45) is 0 Å². The Balaban J connectivity index is 3.35. The van der Waals surface area contributed by atoms with Gasteiger partial charge in [-0.3, -0.25) is 0 Å². The van der Waals surface area contributed by atoms with Crippen molar-refractivity contribution in [2.75, 3.05) is 0 Å². The molecule has 0 N–H and O–H groups in total. The molecule has 5 heteroatoms. The fourth-order valence-corrected chi connectivity index (χ4v) is 1.53. The Labute approximate surface area is 86.8 Å². The van der Waals surface area contributed by atoms with Gasteiger partial charge in [0.25, 0.3) is 0 Å². The first-order valence-electron chi connectivity index (χ1n) is 3.36. The average molecular weight is 273 g/mol. The summed E-state index contributed by atoms with van der Waals surface area (Å²) in [5.41, 5.74) is -0.135. The van der Waals surface area contributed by atoms with Crippen LogP contribution in [0.2, 0.25) is 5.02 Å². The van der Waals surface area contributed by atoms with Crippen molar-refractivity contribution in [3.63, 3.8) is 0 Å². The molecule has 0 bridgehead atoms. The van der Waals surface area contributed by atoms with E-state index in [1.807, 2.05) is 0 Å². The van der Waals surface area contributed by atoms with Crippen LogP contribution >= 0.6 is 27.5 Å². The highest BCUT2D eigenvalue weighted by Crippen LogP contribution is 2.39. The van der Waals surface area contributed by atoms with Crippen molar-refractivity contribution in [3.8, 4) is 0 Å². The number of hydrogen-bond acceptors (Lipinski definition) is 0. The van der Waals surface area contributed by atoms with Crippen molar-refractivity contribution in [3.05, 3.63) is 32.8 Å². The number of aryl methyl sites for hydroxylation is 1. The minimum absolute atomic E-state index is 0.285. The first-order chi connectivity index (χ1) is 5.84. The molecule has 0 aliphatic heterocycles. The number of hydrogen-bond donors (Lipinski definition) is 0. The highest BCUT2D eigenvalue weighted by Gasteiger charge is 2.33. The first-order valence-corrected chi connectivity index (χ1v) is 4.53. The summed E-state index contributed by atoms with van der Waals surface area (Å²) < 4.78 is 37.1. The van der Waals surface area contributed by atoms with Crippen molar-refractivity contribution >= 4 is 27.5 Å². The molecule has 0 nitrogen and oxygen atoms in total. The Morgan fingerprint density at radius 3 is 2.31 bits per heavy atom. The average Bonchev–Trinajstić information content (AvgIpc) is 1.98. The molecular formula is C8H5BrClF3. The van der Waals surface area contributed by atoms with Crippen LogP contribution in [0.5, 0.6) is 0 Å². The largest absolute Gasteiger partial charge is 0.417 e. The quantitative estimate of drug-likeness (QED) is 0.656. The smallest absolute Gasteiger partial charge is 0.166 e. The summed E-state index contributed by atoms with van der Waals surface area (Å²) in [4.78, 5) is 0. The number of rotatable bonds is 0. The van der Waals surface area contributed by atoms with E-state index in [2.05, 4.69) is 15.9 Å².